The van der Waals surface area contributed by atoms with Gasteiger partial charge >= 0.3 is 11.2 Å². The lowest BCUT2D eigenvalue weighted by Crippen LogP contribution is -2.24. The highest BCUT2D eigenvalue weighted by Crippen LogP contribution is 2.31. The summed E-state index contributed by atoms with van der Waals surface area (Å²) in [5, 5.41) is 10.3. The Balaban J connectivity index is 1.59. The molecular weight excluding hydrogens is 487 g/mol. The lowest BCUT2D eigenvalue weighted by atomic mass is 10.2. The van der Waals surface area contributed by atoms with E-state index in [1.807, 2.05) is 30.3 Å². The van der Waals surface area contributed by atoms with Crippen molar-refractivity contribution in [3.05, 3.63) is 101 Å². The highest BCUT2D eigenvalue weighted by atomic mass is 32.2. The van der Waals surface area contributed by atoms with Crippen LogP contribution in [0.1, 0.15) is 11.1 Å². The fourth-order valence-corrected chi connectivity index (χ4v) is 4.09. The number of imidazole rings is 1. The molecule has 0 saturated heterocycles. The van der Waals surface area contributed by atoms with Crippen molar-refractivity contribution in [2.24, 2.45) is 0 Å². The third kappa shape index (κ3) is 4.92. The van der Waals surface area contributed by atoms with Crippen LogP contribution in [0.15, 0.2) is 88.9 Å². The SMILES string of the molecule is O=c1n(Cc2ccncc2OCc2ccccc2)cc(O)n1-c1ccc(S(=O)(=O)C(F)(F)F)cc1. The molecule has 1 N–H and O–H groups in total. The third-order valence-corrected chi connectivity index (χ3v) is 6.60. The molecule has 0 atom stereocenters. The number of alkyl halides is 3. The molecule has 0 aliphatic heterocycles. The van der Waals surface area contributed by atoms with Crippen LogP contribution in [0.5, 0.6) is 11.6 Å². The molecule has 0 fully saturated rings. The fourth-order valence-electron chi connectivity index (χ4n) is 3.33. The van der Waals surface area contributed by atoms with E-state index in [1.54, 1.807) is 6.07 Å². The molecule has 2 heterocycles. The Hall–Kier alpha value is -4.06. The van der Waals surface area contributed by atoms with Gasteiger partial charge in [-0.2, -0.15) is 13.2 Å². The molecule has 0 bridgehead atoms. The van der Waals surface area contributed by atoms with E-state index in [0.29, 0.717) is 11.3 Å². The summed E-state index contributed by atoms with van der Waals surface area (Å²) in [5.41, 5.74) is -4.63. The Kier molecular flexibility index (Phi) is 6.39. The third-order valence-electron chi connectivity index (χ3n) is 5.10. The molecule has 0 radical (unpaired) electrons. The summed E-state index contributed by atoms with van der Waals surface area (Å²) in [6.07, 6.45) is 4.18. The van der Waals surface area contributed by atoms with Crippen molar-refractivity contribution in [3.63, 3.8) is 0 Å². The number of halogens is 3. The number of benzene rings is 2. The molecule has 8 nitrogen and oxygen atoms in total. The number of nitrogens with zero attached hydrogens (tertiary/aromatic N) is 3. The van der Waals surface area contributed by atoms with Crippen molar-refractivity contribution in [3.8, 4) is 17.3 Å². The van der Waals surface area contributed by atoms with Gasteiger partial charge in [0.2, 0.25) is 5.88 Å². The standard InChI is InChI=1S/C23H18F3N3O5S/c24-23(25,26)35(32,33)19-8-6-18(7-9-19)29-21(30)14-28(22(29)31)13-17-10-11-27-12-20(17)34-15-16-4-2-1-3-5-16/h1-12,14,30H,13,15H2. The molecule has 2 aromatic carbocycles. The van der Waals surface area contributed by atoms with Gasteiger partial charge < -0.3 is 9.84 Å². The van der Waals surface area contributed by atoms with Gasteiger partial charge in [-0.25, -0.2) is 17.8 Å². The van der Waals surface area contributed by atoms with Crippen LogP contribution in [0.4, 0.5) is 13.2 Å². The zero-order valence-corrected chi connectivity index (χ0v) is 18.7. The topological polar surface area (TPSA) is 103 Å². The van der Waals surface area contributed by atoms with Gasteiger partial charge in [0.15, 0.2) is 0 Å². The molecule has 0 aliphatic carbocycles. The van der Waals surface area contributed by atoms with E-state index in [1.165, 1.54) is 17.0 Å². The van der Waals surface area contributed by atoms with Gasteiger partial charge in [0, 0.05) is 11.8 Å². The maximum Gasteiger partial charge on any atom is 0.501 e. The molecule has 0 amide bonds. The number of sulfone groups is 1. The highest BCUT2D eigenvalue weighted by Gasteiger charge is 2.46. The first-order chi connectivity index (χ1) is 16.6. The summed E-state index contributed by atoms with van der Waals surface area (Å²) < 4.78 is 69.3. The monoisotopic (exact) mass is 505 g/mol. The first-order valence-corrected chi connectivity index (χ1v) is 11.6. The molecule has 0 saturated carbocycles. The summed E-state index contributed by atoms with van der Waals surface area (Å²) >= 11 is 0. The van der Waals surface area contributed by atoms with Crippen LogP contribution in [-0.4, -0.2) is 33.2 Å². The van der Waals surface area contributed by atoms with Gasteiger partial charge in [-0.1, -0.05) is 30.3 Å². The molecule has 0 spiro atoms. The molecule has 4 aromatic rings. The lowest BCUT2D eigenvalue weighted by molar-refractivity contribution is -0.0436. The molecular formula is C23H18F3N3O5S. The van der Waals surface area contributed by atoms with Gasteiger partial charge in [-0.05, 0) is 35.9 Å². The van der Waals surface area contributed by atoms with E-state index < -0.39 is 31.8 Å². The number of aromatic hydroxyl groups is 1. The average Bonchev–Trinajstić information content (AvgIpc) is 3.11. The second-order valence-corrected chi connectivity index (χ2v) is 9.38. The van der Waals surface area contributed by atoms with Crippen molar-refractivity contribution in [2.75, 3.05) is 0 Å². The molecule has 182 valence electrons. The number of rotatable bonds is 7. The molecule has 0 aliphatic rings. The molecule has 4 rings (SSSR count). The minimum Gasteiger partial charge on any atom is -0.493 e. The van der Waals surface area contributed by atoms with Crippen molar-refractivity contribution in [1.82, 2.24) is 14.1 Å². The second-order valence-electron chi connectivity index (χ2n) is 7.43. The Morgan fingerprint density at radius 1 is 1.00 bits per heavy atom. The van der Waals surface area contributed by atoms with E-state index in [2.05, 4.69) is 4.98 Å². The van der Waals surface area contributed by atoms with Crippen LogP contribution >= 0.6 is 0 Å². The molecule has 12 heteroatoms. The van der Waals surface area contributed by atoms with Gasteiger partial charge in [-0.15, -0.1) is 0 Å². The van der Waals surface area contributed by atoms with Crippen molar-refractivity contribution in [1.29, 1.82) is 0 Å². The predicted molar refractivity (Wildman–Crippen MR) is 119 cm³/mol. The number of hydrogen-bond acceptors (Lipinski definition) is 6. The maximum absolute atomic E-state index is 12.9. The van der Waals surface area contributed by atoms with Gasteiger partial charge in [-0.3, -0.25) is 9.55 Å². The summed E-state index contributed by atoms with van der Waals surface area (Å²) in [5.74, 6) is -0.0561. The first-order valence-electron chi connectivity index (χ1n) is 10.1. The van der Waals surface area contributed by atoms with Crippen LogP contribution < -0.4 is 10.4 Å². The van der Waals surface area contributed by atoms with E-state index in [0.717, 1.165) is 40.6 Å². The van der Waals surface area contributed by atoms with Crippen LogP contribution in [-0.2, 0) is 23.0 Å². The first kappa shape index (κ1) is 24.1. The fraction of sp³-hybridized carbons (Fsp3) is 0.130. The second kappa shape index (κ2) is 9.29. The zero-order chi connectivity index (χ0) is 25.2. The van der Waals surface area contributed by atoms with E-state index >= 15 is 0 Å². The number of pyridine rings is 1. The largest absolute Gasteiger partial charge is 0.501 e. The summed E-state index contributed by atoms with van der Waals surface area (Å²) in [4.78, 5) is 16.0. The van der Waals surface area contributed by atoms with Crippen molar-refractivity contribution < 1.29 is 31.4 Å². The highest BCUT2D eigenvalue weighted by molar-refractivity contribution is 7.92. The van der Waals surface area contributed by atoms with Gasteiger partial charge in [0.05, 0.1) is 29.5 Å². The summed E-state index contributed by atoms with van der Waals surface area (Å²) in [6.45, 7) is 0.278. The quantitative estimate of drug-likeness (QED) is 0.411. The Labute approximate surface area is 197 Å². The Bertz CT molecular complexity index is 1500. The molecule has 0 unspecified atom stereocenters. The predicted octanol–water partition coefficient (Wildman–Crippen LogP) is 3.66. The van der Waals surface area contributed by atoms with Gasteiger partial charge in [0.1, 0.15) is 12.4 Å². The van der Waals surface area contributed by atoms with E-state index in [9.17, 15) is 31.5 Å². The smallest absolute Gasteiger partial charge is 0.493 e. The number of hydrogen-bond donors (Lipinski definition) is 1. The van der Waals surface area contributed by atoms with Crippen molar-refractivity contribution >= 4 is 9.84 Å². The maximum atomic E-state index is 12.9. The lowest BCUT2D eigenvalue weighted by Gasteiger charge is -2.11. The van der Waals surface area contributed by atoms with E-state index in [4.69, 9.17) is 4.74 Å². The average molecular weight is 505 g/mol. The number of aromatic nitrogens is 3. The zero-order valence-electron chi connectivity index (χ0n) is 17.9. The summed E-state index contributed by atoms with van der Waals surface area (Å²) in [7, 11) is -5.54. The number of ether oxygens (including phenoxy) is 1. The summed E-state index contributed by atoms with van der Waals surface area (Å²) in [6, 6.07) is 14.5. The normalized spacial score (nSPS) is 12.0. The molecule has 2 aromatic heterocycles. The molecule has 35 heavy (non-hydrogen) atoms. The Morgan fingerprint density at radius 2 is 1.69 bits per heavy atom. The minimum absolute atomic E-state index is 0.00652. The van der Waals surface area contributed by atoms with Gasteiger partial charge in [0.25, 0.3) is 9.84 Å². The van der Waals surface area contributed by atoms with Crippen LogP contribution in [0.2, 0.25) is 0 Å². The van der Waals surface area contributed by atoms with Crippen LogP contribution in [0.3, 0.4) is 0 Å². The van der Waals surface area contributed by atoms with Crippen LogP contribution in [0, 0.1) is 0 Å². The Morgan fingerprint density at radius 3 is 2.34 bits per heavy atom. The van der Waals surface area contributed by atoms with Crippen molar-refractivity contribution in [2.45, 2.75) is 23.6 Å². The van der Waals surface area contributed by atoms with Crippen LogP contribution in [0.25, 0.3) is 5.69 Å². The minimum atomic E-state index is -5.54. The van der Waals surface area contributed by atoms with E-state index in [-0.39, 0.29) is 18.8 Å².